The summed E-state index contributed by atoms with van der Waals surface area (Å²) in [4.78, 5) is 0. The van der Waals surface area contributed by atoms with Crippen LogP contribution in [0.25, 0.3) is 0 Å². The molecule has 1 unspecified atom stereocenters. The van der Waals surface area contributed by atoms with Crippen molar-refractivity contribution in [2.24, 2.45) is 7.05 Å². The molecule has 1 atom stereocenters. The van der Waals surface area contributed by atoms with Gasteiger partial charge < -0.3 is 9.67 Å². The maximum Gasteiger partial charge on any atom is 0.0919 e. The fraction of sp³-hybridized carbons (Fsp3) is 0.333. The van der Waals surface area contributed by atoms with Crippen molar-refractivity contribution in [3.8, 4) is 0 Å². The van der Waals surface area contributed by atoms with Crippen LogP contribution in [0.4, 0.5) is 0 Å². The van der Waals surface area contributed by atoms with Gasteiger partial charge in [-0.25, -0.2) is 0 Å². The zero-order valence-electron chi connectivity index (χ0n) is 8.35. The Bertz CT molecular complexity index is 375. The van der Waals surface area contributed by atoms with Crippen molar-refractivity contribution in [2.75, 3.05) is 0 Å². The van der Waals surface area contributed by atoms with Crippen LogP contribution < -0.4 is 0 Å². The standard InChI is InChI=1S/C12H15NO/c1-13-9-5-6-11(13)10-12(14)7-3-2-4-8-12/h2-7,9,14H,8,10H2,1H3. The number of allylic oxidation sites excluding steroid dienone is 2. The number of rotatable bonds is 2. The van der Waals surface area contributed by atoms with Gasteiger partial charge in [0.05, 0.1) is 5.60 Å². The van der Waals surface area contributed by atoms with Crippen LogP contribution in [0.1, 0.15) is 12.1 Å². The van der Waals surface area contributed by atoms with E-state index in [1.807, 2.05) is 54.2 Å². The summed E-state index contributed by atoms with van der Waals surface area (Å²) in [5.74, 6) is 0. The lowest BCUT2D eigenvalue weighted by Gasteiger charge is -2.25. The summed E-state index contributed by atoms with van der Waals surface area (Å²) >= 11 is 0. The highest BCUT2D eigenvalue weighted by atomic mass is 16.3. The van der Waals surface area contributed by atoms with Gasteiger partial charge in [0.1, 0.15) is 0 Å². The molecule has 0 saturated carbocycles. The molecule has 0 spiro atoms. The second-order valence-corrected chi connectivity index (χ2v) is 3.88. The van der Waals surface area contributed by atoms with Crippen molar-refractivity contribution in [1.29, 1.82) is 0 Å². The van der Waals surface area contributed by atoms with Gasteiger partial charge in [-0.2, -0.15) is 0 Å². The topological polar surface area (TPSA) is 25.2 Å². The van der Waals surface area contributed by atoms with E-state index in [1.54, 1.807) is 0 Å². The van der Waals surface area contributed by atoms with E-state index < -0.39 is 5.60 Å². The Labute approximate surface area is 84.2 Å². The summed E-state index contributed by atoms with van der Waals surface area (Å²) in [5, 5.41) is 10.2. The van der Waals surface area contributed by atoms with Gasteiger partial charge in [-0.05, 0) is 18.6 Å². The van der Waals surface area contributed by atoms with Crippen molar-refractivity contribution < 1.29 is 5.11 Å². The first-order chi connectivity index (χ1) is 6.70. The summed E-state index contributed by atoms with van der Waals surface area (Å²) in [5.41, 5.74) is 0.466. The number of aliphatic hydroxyl groups is 1. The number of hydrogen-bond donors (Lipinski definition) is 1. The summed E-state index contributed by atoms with van der Waals surface area (Å²) in [6.07, 6.45) is 11.1. The highest BCUT2D eigenvalue weighted by Crippen LogP contribution is 2.22. The average Bonchev–Trinajstić information content (AvgIpc) is 2.52. The SMILES string of the molecule is Cn1cccc1CC1(O)C=CC=CC1. The van der Waals surface area contributed by atoms with Crippen LogP contribution in [-0.2, 0) is 13.5 Å². The molecule has 0 saturated heterocycles. The smallest absolute Gasteiger partial charge is 0.0919 e. The fourth-order valence-electron chi connectivity index (χ4n) is 1.78. The number of aromatic nitrogens is 1. The third-order valence-corrected chi connectivity index (χ3v) is 2.66. The molecular weight excluding hydrogens is 174 g/mol. The molecule has 0 fully saturated rings. The van der Waals surface area contributed by atoms with Gasteiger partial charge in [-0.3, -0.25) is 0 Å². The molecule has 1 aliphatic carbocycles. The first-order valence-electron chi connectivity index (χ1n) is 4.87. The van der Waals surface area contributed by atoms with Gasteiger partial charge in [0, 0.05) is 25.4 Å². The third-order valence-electron chi connectivity index (χ3n) is 2.66. The lowest BCUT2D eigenvalue weighted by Crippen LogP contribution is -2.30. The summed E-state index contributed by atoms with van der Waals surface area (Å²) in [6.45, 7) is 0. The highest BCUT2D eigenvalue weighted by molar-refractivity contribution is 5.22. The molecule has 2 nitrogen and oxygen atoms in total. The molecule has 0 aliphatic heterocycles. The molecule has 14 heavy (non-hydrogen) atoms. The van der Waals surface area contributed by atoms with Crippen LogP contribution in [0, 0.1) is 0 Å². The van der Waals surface area contributed by atoms with Crippen molar-refractivity contribution >= 4 is 0 Å². The van der Waals surface area contributed by atoms with Gasteiger partial charge in [0.25, 0.3) is 0 Å². The van der Waals surface area contributed by atoms with Crippen LogP contribution >= 0.6 is 0 Å². The second-order valence-electron chi connectivity index (χ2n) is 3.88. The Balaban J connectivity index is 2.15. The largest absolute Gasteiger partial charge is 0.385 e. The molecule has 2 heteroatoms. The first-order valence-corrected chi connectivity index (χ1v) is 4.87. The quantitative estimate of drug-likeness (QED) is 0.754. The second kappa shape index (κ2) is 3.46. The molecule has 74 valence electrons. The lowest BCUT2D eigenvalue weighted by atomic mass is 9.90. The van der Waals surface area contributed by atoms with E-state index in [-0.39, 0.29) is 0 Å². The number of nitrogens with zero attached hydrogens (tertiary/aromatic N) is 1. The minimum absolute atomic E-state index is 0.678. The van der Waals surface area contributed by atoms with Crippen LogP contribution in [0.3, 0.4) is 0 Å². The zero-order valence-corrected chi connectivity index (χ0v) is 8.35. The molecule has 0 amide bonds. The van der Waals surface area contributed by atoms with Crippen LogP contribution in [-0.4, -0.2) is 15.3 Å². The predicted molar refractivity (Wildman–Crippen MR) is 57.0 cm³/mol. The van der Waals surface area contributed by atoms with Crippen molar-refractivity contribution in [1.82, 2.24) is 4.57 Å². The maximum atomic E-state index is 10.2. The van der Waals surface area contributed by atoms with E-state index in [2.05, 4.69) is 0 Å². The molecule has 1 aromatic rings. The number of hydrogen-bond acceptors (Lipinski definition) is 1. The minimum Gasteiger partial charge on any atom is -0.385 e. The Hall–Kier alpha value is -1.28. The molecule has 1 N–H and O–H groups in total. The first kappa shape index (κ1) is 9.28. The molecule has 1 aromatic heterocycles. The van der Waals surface area contributed by atoms with Gasteiger partial charge in [-0.1, -0.05) is 24.3 Å². The lowest BCUT2D eigenvalue weighted by molar-refractivity contribution is 0.0916. The van der Waals surface area contributed by atoms with Crippen molar-refractivity contribution in [3.63, 3.8) is 0 Å². The average molecular weight is 189 g/mol. The minimum atomic E-state index is -0.694. The van der Waals surface area contributed by atoms with Crippen molar-refractivity contribution in [3.05, 3.63) is 48.3 Å². The van der Waals surface area contributed by atoms with E-state index in [9.17, 15) is 5.11 Å². The van der Waals surface area contributed by atoms with E-state index in [4.69, 9.17) is 0 Å². The van der Waals surface area contributed by atoms with Crippen LogP contribution in [0.5, 0.6) is 0 Å². The van der Waals surface area contributed by atoms with Gasteiger partial charge in [-0.15, -0.1) is 0 Å². The molecule has 2 rings (SSSR count). The number of aryl methyl sites for hydroxylation is 1. The monoisotopic (exact) mass is 189 g/mol. The van der Waals surface area contributed by atoms with E-state index in [1.165, 1.54) is 0 Å². The Morgan fingerprint density at radius 3 is 2.93 bits per heavy atom. The maximum absolute atomic E-state index is 10.2. The van der Waals surface area contributed by atoms with Crippen LogP contribution in [0.15, 0.2) is 42.6 Å². The normalized spacial score (nSPS) is 25.6. The Morgan fingerprint density at radius 1 is 1.50 bits per heavy atom. The fourth-order valence-corrected chi connectivity index (χ4v) is 1.78. The van der Waals surface area contributed by atoms with Gasteiger partial charge in [0.2, 0.25) is 0 Å². The summed E-state index contributed by atoms with van der Waals surface area (Å²) in [7, 11) is 2.00. The Kier molecular flexibility index (Phi) is 2.30. The third kappa shape index (κ3) is 1.80. The zero-order chi connectivity index (χ0) is 10.0. The predicted octanol–water partition coefficient (Wildman–Crippen LogP) is 1.81. The summed E-state index contributed by atoms with van der Waals surface area (Å²) < 4.78 is 2.05. The van der Waals surface area contributed by atoms with E-state index >= 15 is 0 Å². The highest BCUT2D eigenvalue weighted by Gasteiger charge is 2.24. The Morgan fingerprint density at radius 2 is 2.36 bits per heavy atom. The molecule has 0 bridgehead atoms. The molecule has 1 heterocycles. The van der Waals surface area contributed by atoms with E-state index in [0.717, 1.165) is 5.69 Å². The van der Waals surface area contributed by atoms with E-state index in [0.29, 0.717) is 12.8 Å². The van der Waals surface area contributed by atoms with Crippen molar-refractivity contribution in [2.45, 2.75) is 18.4 Å². The van der Waals surface area contributed by atoms with Gasteiger partial charge >= 0.3 is 0 Å². The molecule has 1 aliphatic rings. The molecular formula is C12H15NO. The van der Waals surface area contributed by atoms with Gasteiger partial charge in [0.15, 0.2) is 0 Å². The molecule has 0 aromatic carbocycles. The van der Waals surface area contributed by atoms with Crippen LogP contribution in [0.2, 0.25) is 0 Å². The molecule has 0 radical (unpaired) electrons. The summed E-state index contributed by atoms with van der Waals surface area (Å²) in [6, 6.07) is 4.05.